The molecule has 1 unspecified atom stereocenters. The number of amides is 1. The van der Waals surface area contributed by atoms with E-state index in [1.165, 1.54) is 0 Å². The van der Waals surface area contributed by atoms with Crippen LogP contribution in [0.25, 0.3) is 10.9 Å². The Balaban J connectivity index is 1.89. The number of nitrogens with one attached hydrogen (secondary N) is 1. The smallest absolute Gasteiger partial charge is 0.247 e. The van der Waals surface area contributed by atoms with Crippen LogP contribution >= 0.6 is 0 Å². The fourth-order valence-electron chi connectivity index (χ4n) is 3.12. The van der Waals surface area contributed by atoms with Gasteiger partial charge in [0.25, 0.3) is 0 Å². The van der Waals surface area contributed by atoms with Crippen LogP contribution in [0.3, 0.4) is 0 Å². The minimum Gasteiger partial charge on any atom is -0.497 e. The lowest BCUT2D eigenvalue weighted by Gasteiger charge is -2.17. The standard InChI is InChI=1S/C21H24N2O5/c1-13(21(24)22-14-6-7-18(26-3)20(10-14)28-5)23-9-8-16-17(23)11-15(25-2)12-19(16)27-4/h6-13H,1-5H3,(H,22,24). The molecular weight excluding hydrogens is 360 g/mol. The fraction of sp³-hybridized carbons (Fsp3) is 0.286. The lowest BCUT2D eigenvalue weighted by atomic mass is 10.2. The highest BCUT2D eigenvalue weighted by Gasteiger charge is 2.19. The largest absolute Gasteiger partial charge is 0.497 e. The van der Waals surface area contributed by atoms with Crippen molar-refractivity contribution in [1.82, 2.24) is 4.57 Å². The summed E-state index contributed by atoms with van der Waals surface area (Å²) in [4.78, 5) is 12.9. The molecule has 0 fully saturated rings. The Morgan fingerprint density at radius 2 is 1.61 bits per heavy atom. The zero-order valence-electron chi connectivity index (χ0n) is 16.6. The van der Waals surface area contributed by atoms with Gasteiger partial charge in [-0.3, -0.25) is 4.79 Å². The van der Waals surface area contributed by atoms with Crippen LogP contribution in [0.15, 0.2) is 42.6 Å². The average Bonchev–Trinajstić information content (AvgIpc) is 3.16. The monoisotopic (exact) mass is 384 g/mol. The van der Waals surface area contributed by atoms with Gasteiger partial charge in [0.05, 0.1) is 34.0 Å². The Bertz CT molecular complexity index is 996. The van der Waals surface area contributed by atoms with Crippen molar-refractivity contribution in [2.24, 2.45) is 0 Å². The molecule has 1 heterocycles. The molecule has 0 aliphatic rings. The lowest BCUT2D eigenvalue weighted by Crippen LogP contribution is -2.23. The first-order valence-electron chi connectivity index (χ1n) is 8.77. The van der Waals surface area contributed by atoms with Crippen LogP contribution in [-0.4, -0.2) is 38.9 Å². The van der Waals surface area contributed by atoms with Crippen LogP contribution in [0.5, 0.6) is 23.0 Å². The summed E-state index contributed by atoms with van der Waals surface area (Å²) in [5.41, 5.74) is 1.48. The predicted molar refractivity (Wildman–Crippen MR) is 108 cm³/mol. The van der Waals surface area contributed by atoms with Crippen molar-refractivity contribution in [3.63, 3.8) is 0 Å². The Morgan fingerprint density at radius 1 is 0.893 bits per heavy atom. The maximum Gasteiger partial charge on any atom is 0.247 e. The number of carbonyl (C=O) groups is 1. The first-order valence-corrected chi connectivity index (χ1v) is 8.77. The Labute approximate surface area is 163 Å². The van der Waals surface area contributed by atoms with Crippen LogP contribution in [0, 0.1) is 0 Å². The summed E-state index contributed by atoms with van der Waals surface area (Å²) in [6.45, 7) is 1.83. The molecule has 0 aliphatic carbocycles. The van der Waals surface area contributed by atoms with E-state index in [2.05, 4.69) is 5.32 Å². The Morgan fingerprint density at radius 3 is 2.25 bits per heavy atom. The SMILES string of the molecule is COc1cc(OC)c2ccn(C(C)C(=O)Nc3ccc(OC)c(OC)c3)c2c1. The summed E-state index contributed by atoms with van der Waals surface area (Å²) >= 11 is 0. The third-order valence-corrected chi connectivity index (χ3v) is 4.68. The van der Waals surface area contributed by atoms with Crippen molar-refractivity contribution in [2.45, 2.75) is 13.0 Å². The number of anilines is 1. The molecule has 0 bridgehead atoms. The number of rotatable bonds is 7. The van der Waals surface area contributed by atoms with Gasteiger partial charge in [0.1, 0.15) is 17.5 Å². The van der Waals surface area contributed by atoms with Gasteiger partial charge in [0.2, 0.25) is 5.91 Å². The van der Waals surface area contributed by atoms with Gasteiger partial charge in [-0.2, -0.15) is 0 Å². The van der Waals surface area contributed by atoms with Crippen molar-refractivity contribution in [2.75, 3.05) is 33.8 Å². The van der Waals surface area contributed by atoms with Gasteiger partial charge in [-0.15, -0.1) is 0 Å². The normalized spacial score (nSPS) is 11.8. The first kappa shape index (κ1) is 19.4. The van der Waals surface area contributed by atoms with Gasteiger partial charge in [0.15, 0.2) is 11.5 Å². The van der Waals surface area contributed by atoms with E-state index in [4.69, 9.17) is 18.9 Å². The summed E-state index contributed by atoms with van der Waals surface area (Å²) in [7, 11) is 6.33. The molecule has 1 atom stereocenters. The average molecular weight is 384 g/mol. The van der Waals surface area contributed by atoms with Gasteiger partial charge >= 0.3 is 0 Å². The van der Waals surface area contributed by atoms with Crippen molar-refractivity contribution < 1.29 is 23.7 Å². The second kappa shape index (κ2) is 8.12. The van der Waals surface area contributed by atoms with E-state index >= 15 is 0 Å². The van der Waals surface area contributed by atoms with Crippen LogP contribution in [0.1, 0.15) is 13.0 Å². The molecule has 0 radical (unpaired) electrons. The minimum absolute atomic E-state index is 0.161. The lowest BCUT2D eigenvalue weighted by molar-refractivity contribution is -0.118. The zero-order chi connectivity index (χ0) is 20.3. The van der Waals surface area contributed by atoms with Crippen molar-refractivity contribution >= 4 is 22.5 Å². The summed E-state index contributed by atoms with van der Waals surface area (Å²) in [6, 6.07) is 10.4. The van der Waals surface area contributed by atoms with E-state index < -0.39 is 6.04 Å². The molecule has 3 aromatic rings. The molecule has 7 nitrogen and oxygen atoms in total. The van der Waals surface area contributed by atoms with E-state index in [1.807, 2.05) is 35.9 Å². The van der Waals surface area contributed by atoms with E-state index in [9.17, 15) is 4.79 Å². The number of aromatic nitrogens is 1. The highest BCUT2D eigenvalue weighted by atomic mass is 16.5. The number of carbonyl (C=O) groups excluding carboxylic acids is 1. The summed E-state index contributed by atoms with van der Waals surface area (Å²) in [5.74, 6) is 2.35. The van der Waals surface area contributed by atoms with Crippen molar-refractivity contribution in [3.05, 3.63) is 42.6 Å². The molecule has 7 heteroatoms. The van der Waals surface area contributed by atoms with Crippen LogP contribution in [0.4, 0.5) is 5.69 Å². The number of fused-ring (bicyclic) bond motifs is 1. The van der Waals surface area contributed by atoms with Gasteiger partial charge in [-0.25, -0.2) is 0 Å². The molecule has 0 spiro atoms. The summed E-state index contributed by atoms with van der Waals surface area (Å²) in [6.07, 6.45) is 1.87. The fourth-order valence-corrected chi connectivity index (χ4v) is 3.12. The van der Waals surface area contributed by atoms with Gasteiger partial charge in [-0.05, 0) is 25.1 Å². The zero-order valence-corrected chi connectivity index (χ0v) is 16.6. The molecule has 28 heavy (non-hydrogen) atoms. The number of methoxy groups -OCH3 is 4. The van der Waals surface area contributed by atoms with Crippen LogP contribution in [-0.2, 0) is 4.79 Å². The third-order valence-electron chi connectivity index (χ3n) is 4.68. The predicted octanol–water partition coefficient (Wildman–Crippen LogP) is 3.88. The molecule has 148 valence electrons. The number of benzene rings is 2. The molecule has 1 N–H and O–H groups in total. The van der Waals surface area contributed by atoms with Crippen molar-refractivity contribution in [1.29, 1.82) is 0 Å². The molecular formula is C21H24N2O5. The summed E-state index contributed by atoms with van der Waals surface area (Å²) in [5, 5.41) is 3.83. The second-order valence-electron chi connectivity index (χ2n) is 6.22. The molecule has 0 aliphatic heterocycles. The quantitative estimate of drug-likeness (QED) is 0.669. The maximum absolute atomic E-state index is 12.9. The minimum atomic E-state index is -0.456. The second-order valence-corrected chi connectivity index (χ2v) is 6.22. The van der Waals surface area contributed by atoms with Crippen LogP contribution < -0.4 is 24.3 Å². The highest BCUT2D eigenvalue weighted by Crippen LogP contribution is 2.34. The van der Waals surface area contributed by atoms with Gasteiger partial charge < -0.3 is 28.8 Å². The number of hydrogen-bond acceptors (Lipinski definition) is 5. The van der Waals surface area contributed by atoms with E-state index in [0.717, 1.165) is 10.9 Å². The number of nitrogens with zero attached hydrogens (tertiary/aromatic N) is 1. The third kappa shape index (κ3) is 3.55. The van der Waals surface area contributed by atoms with Crippen molar-refractivity contribution in [3.8, 4) is 23.0 Å². The molecule has 3 rings (SSSR count). The first-order chi connectivity index (χ1) is 13.5. The number of ether oxygens (including phenoxy) is 4. The van der Waals surface area contributed by atoms with E-state index in [-0.39, 0.29) is 5.91 Å². The molecule has 1 aromatic heterocycles. The Hall–Kier alpha value is -3.35. The Kier molecular flexibility index (Phi) is 5.63. The maximum atomic E-state index is 12.9. The van der Waals surface area contributed by atoms with Gasteiger partial charge in [-0.1, -0.05) is 0 Å². The summed E-state index contributed by atoms with van der Waals surface area (Å²) < 4.78 is 23.2. The molecule has 0 saturated heterocycles. The molecule has 2 aromatic carbocycles. The number of hydrogen-bond donors (Lipinski definition) is 1. The van der Waals surface area contributed by atoms with Gasteiger partial charge in [0, 0.05) is 35.5 Å². The molecule has 0 saturated carbocycles. The molecule has 1 amide bonds. The topological polar surface area (TPSA) is 71.0 Å². The highest BCUT2D eigenvalue weighted by molar-refractivity contribution is 5.96. The van der Waals surface area contributed by atoms with E-state index in [1.54, 1.807) is 46.6 Å². The van der Waals surface area contributed by atoms with E-state index in [0.29, 0.717) is 28.7 Å². The van der Waals surface area contributed by atoms with Crippen LogP contribution in [0.2, 0.25) is 0 Å².